The lowest BCUT2D eigenvalue weighted by Crippen LogP contribution is -2.18. The zero-order valence-corrected chi connectivity index (χ0v) is 10.6. The van der Waals surface area contributed by atoms with Crippen LogP contribution in [0, 0.1) is 13.8 Å². The van der Waals surface area contributed by atoms with Gasteiger partial charge in [0.2, 0.25) is 0 Å². The highest BCUT2D eigenvalue weighted by molar-refractivity contribution is 5.33. The van der Waals surface area contributed by atoms with E-state index in [4.69, 9.17) is 0 Å². The van der Waals surface area contributed by atoms with E-state index in [2.05, 4.69) is 46.7 Å². The van der Waals surface area contributed by atoms with Crippen LogP contribution in [0.3, 0.4) is 0 Å². The third-order valence-corrected chi connectivity index (χ3v) is 2.86. The van der Waals surface area contributed by atoms with Crippen LogP contribution in [0.25, 0.3) is 0 Å². The average molecular weight is 226 g/mol. The molecule has 0 saturated heterocycles. The first-order valence-electron chi connectivity index (χ1n) is 5.88. The number of nitrogens with one attached hydrogen (secondary N) is 1. The van der Waals surface area contributed by atoms with Crippen molar-refractivity contribution in [3.63, 3.8) is 0 Å². The summed E-state index contributed by atoms with van der Waals surface area (Å²) in [4.78, 5) is 4.42. The summed E-state index contributed by atoms with van der Waals surface area (Å²) in [6.45, 7) is 4.07. The largest absolute Gasteiger partial charge is 0.309 e. The third kappa shape index (κ3) is 2.71. The normalized spacial score (nSPS) is 12.4. The van der Waals surface area contributed by atoms with Gasteiger partial charge in [0, 0.05) is 11.4 Å². The molecule has 1 N–H and O–H groups in total. The number of rotatable bonds is 3. The summed E-state index contributed by atoms with van der Waals surface area (Å²) in [5.74, 6) is 0. The minimum atomic E-state index is 0.233. The Balaban J connectivity index is 2.42. The fraction of sp³-hybridized carbons (Fsp3) is 0.267. The fourth-order valence-electron chi connectivity index (χ4n) is 2.20. The highest BCUT2D eigenvalue weighted by atomic mass is 14.9. The summed E-state index contributed by atoms with van der Waals surface area (Å²) in [6.07, 6.45) is 0. The molecule has 0 aliphatic heterocycles. The maximum Gasteiger partial charge on any atom is 0.0575 e. The first-order valence-corrected chi connectivity index (χ1v) is 5.88. The van der Waals surface area contributed by atoms with Crippen LogP contribution < -0.4 is 5.32 Å². The Morgan fingerprint density at radius 2 is 1.53 bits per heavy atom. The predicted molar refractivity (Wildman–Crippen MR) is 71.1 cm³/mol. The molecule has 1 aromatic heterocycles. The van der Waals surface area contributed by atoms with Gasteiger partial charge in [-0.25, -0.2) is 0 Å². The van der Waals surface area contributed by atoms with E-state index in [9.17, 15) is 0 Å². The molecule has 0 fully saturated rings. The molecule has 2 aromatic rings. The Morgan fingerprint density at radius 3 is 2.06 bits per heavy atom. The fourth-order valence-corrected chi connectivity index (χ4v) is 2.20. The summed E-state index contributed by atoms with van der Waals surface area (Å²) >= 11 is 0. The molecule has 2 rings (SSSR count). The molecule has 2 heteroatoms. The monoisotopic (exact) mass is 226 g/mol. The van der Waals surface area contributed by atoms with Crippen LogP contribution >= 0.6 is 0 Å². The van der Waals surface area contributed by atoms with Crippen LogP contribution in [0.15, 0.2) is 42.5 Å². The summed E-state index contributed by atoms with van der Waals surface area (Å²) in [6, 6.07) is 15.0. The summed E-state index contributed by atoms with van der Waals surface area (Å²) in [7, 11) is 1.99. The molecule has 0 bridgehead atoms. The second kappa shape index (κ2) is 5.11. The zero-order chi connectivity index (χ0) is 12.3. The molecular formula is C15H18N2. The molecule has 1 aromatic carbocycles. The Labute approximate surface area is 103 Å². The van der Waals surface area contributed by atoms with E-state index in [1.807, 2.05) is 27.0 Å². The van der Waals surface area contributed by atoms with Gasteiger partial charge < -0.3 is 5.32 Å². The summed E-state index contributed by atoms with van der Waals surface area (Å²) in [5.41, 5.74) is 4.68. The molecule has 0 amide bonds. The van der Waals surface area contributed by atoms with Crippen LogP contribution in [0.4, 0.5) is 0 Å². The van der Waals surface area contributed by atoms with Crippen LogP contribution in [0.5, 0.6) is 0 Å². The number of aryl methyl sites for hydroxylation is 2. The van der Waals surface area contributed by atoms with Crippen LogP contribution in [0.1, 0.15) is 28.6 Å². The van der Waals surface area contributed by atoms with E-state index in [-0.39, 0.29) is 6.04 Å². The second-order valence-electron chi connectivity index (χ2n) is 4.32. The predicted octanol–water partition coefficient (Wildman–Crippen LogP) is 3.01. The first-order chi connectivity index (χ1) is 8.20. The minimum Gasteiger partial charge on any atom is -0.309 e. The number of aromatic nitrogens is 1. The number of benzene rings is 1. The lowest BCUT2D eigenvalue weighted by atomic mass is 9.98. The van der Waals surface area contributed by atoms with Crippen molar-refractivity contribution in [3.8, 4) is 0 Å². The maximum atomic E-state index is 4.42. The summed E-state index contributed by atoms with van der Waals surface area (Å²) in [5, 5.41) is 3.36. The molecule has 2 nitrogen and oxygen atoms in total. The van der Waals surface area contributed by atoms with Gasteiger partial charge in [-0.3, -0.25) is 4.98 Å². The number of pyridine rings is 1. The van der Waals surface area contributed by atoms with Crippen molar-refractivity contribution in [2.45, 2.75) is 19.9 Å². The molecular weight excluding hydrogens is 208 g/mol. The molecule has 0 spiro atoms. The van der Waals surface area contributed by atoms with Gasteiger partial charge in [0.15, 0.2) is 0 Å². The van der Waals surface area contributed by atoms with E-state index >= 15 is 0 Å². The van der Waals surface area contributed by atoms with E-state index in [1.54, 1.807) is 0 Å². The van der Waals surface area contributed by atoms with E-state index in [1.165, 1.54) is 11.1 Å². The van der Waals surface area contributed by atoms with Crippen LogP contribution in [0.2, 0.25) is 0 Å². The average Bonchev–Trinajstić information content (AvgIpc) is 2.30. The highest BCUT2D eigenvalue weighted by Gasteiger charge is 2.12. The van der Waals surface area contributed by atoms with Gasteiger partial charge in [-0.2, -0.15) is 0 Å². The standard InChI is InChI=1S/C15H18N2/c1-11-9-14(10-12(2)17-11)15(16-3)13-7-5-4-6-8-13/h4-10,15-16H,1-3H3. The third-order valence-electron chi connectivity index (χ3n) is 2.86. The molecule has 1 atom stereocenters. The van der Waals surface area contributed by atoms with Crippen molar-refractivity contribution >= 4 is 0 Å². The van der Waals surface area contributed by atoms with Gasteiger partial charge in [0.05, 0.1) is 6.04 Å². The molecule has 0 saturated carbocycles. The highest BCUT2D eigenvalue weighted by Crippen LogP contribution is 2.22. The van der Waals surface area contributed by atoms with Gasteiger partial charge >= 0.3 is 0 Å². The van der Waals surface area contributed by atoms with Gasteiger partial charge in [-0.15, -0.1) is 0 Å². The topological polar surface area (TPSA) is 24.9 Å². The minimum absolute atomic E-state index is 0.233. The molecule has 1 unspecified atom stereocenters. The Morgan fingerprint density at radius 1 is 0.941 bits per heavy atom. The van der Waals surface area contributed by atoms with E-state index < -0.39 is 0 Å². The molecule has 1 heterocycles. The molecule has 0 radical (unpaired) electrons. The SMILES string of the molecule is CNC(c1ccccc1)c1cc(C)nc(C)c1. The second-order valence-corrected chi connectivity index (χ2v) is 4.32. The Kier molecular flexibility index (Phi) is 3.55. The molecule has 17 heavy (non-hydrogen) atoms. The lowest BCUT2D eigenvalue weighted by molar-refractivity contribution is 0.688. The van der Waals surface area contributed by atoms with Gasteiger partial charge in [0.1, 0.15) is 0 Å². The van der Waals surface area contributed by atoms with Gasteiger partial charge in [0.25, 0.3) is 0 Å². The van der Waals surface area contributed by atoms with Crippen molar-refractivity contribution in [1.29, 1.82) is 0 Å². The van der Waals surface area contributed by atoms with Crippen molar-refractivity contribution in [1.82, 2.24) is 10.3 Å². The summed E-state index contributed by atoms with van der Waals surface area (Å²) < 4.78 is 0. The van der Waals surface area contributed by atoms with Crippen LogP contribution in [-0.4, -0.2) is 12.0 Å². The van der Waals surface area contributed by atoms with Crippen molar-refractivity contribution in [3.05, 3.63) is 65.0 Å². The van der Waals surface area contributed by atoms with E-state index in [0.29, 0.717) is 0 Å². The van der Waals surface area contributed by atoms with Crippen molar-refractivity contribution < 1.29 is 0 Å². The van der Waals surface area contributed by atoms with E-state index in [0.717, 1.165) is 11.4 Å². The lowest BCUT2D eigenvalue weighted by Gasteiger charge is -2.18. The smallest absolute Gasteiger partial charge is 0.0575 e. The van der Waals surface area contributed by atoms with Gasteiger partial charge in [-0.05, 0) is 44.2 Å². The number of hydrogen-bond acceptors (Lipinski definition) is 2. The molecule has 0 aliphatic carbocycles. The molecule has 88 valence electrons. The Hall–Kier alpha value is -1.67. The number of nitrogens with zero attached hydrogens (tertiary/aromatic N) is 1. The van der Waals surface area contributed by atoms with Crippen molar-refractivity contribution in [2.24, 2.45) is 0 Å². The zero-order valence-electron chi connectivity index (χ0n) is 10.6. The number of hydrogen-bond donors (Lipinski definition) is 1. The van der Waals surface area contributed by atoms with Crippen LogP contribution in [-0.2, 0) is 0 Å². The van der Waals surface area contributed by atoms with Gasteiger partial charge in [-0.1, -0.05) is 30.3 Å². The van der Waals surface area contributed by atoms with Crippen molar-refractivity contribution in [2.75, 3.05) is 7.05 Å². The quantitative estimate of drug-likeness (QED) is 0.870. The first kappa shape index (κ1) is 11.8. The maximum absolute atomic E-state index is 4.42. The Bertz CT molecular complexity index is 471. The molecule has 0 aliphatic rings.